The Labute approximate surface area is 205 Å². The van der Waals surface area contributed by atoms with Crippen LogP contribution in [-0.2, 0) is 17.6 Å². The highest BCUT2D eigenvalue weighted by Crippen LogP contribution is 2.36. The molecule has 0 aromatic heterocycles. The van der Waals surface area contributed by atoms with Gasteiger partial charge in [0.15, 0.2) is 0 Å². The van der Waals surface area contributed by atoms with Crippen LogP contribution in [0.15, 0.2) is 40.9 Å². The van der Waals surface area contributed by atoms with Crippen LogP contribution >= 0.6 is 15.9 Å². The Balaban J connectivity index is 1.27. The Hall–Kier alpha value is -2.09. The molecule has 2 fully saturated rings. The number of amides is 1. The molecule has 2 saturated heterocycles. The maximum absolute atomic E-state index is 13.0. The number of hydrogen-bond acceptors (Lipinski definition) is 5. The van der Waals surface area contributed by atoms with Gasteiger partial charge in [0, 0.05) is 66.7 Å². The Morgan fingerprint density at radius 3 is 2.39 bits per heavy atom. The summed E-state index contributed by atoms with van der Waals surface area (Å²) in [6, 6.07) is 12.6. The highest BCUT2D eigenvalue weighted by atomic mass is 79.9. The number of halogens is 1. The standard InChI is InChI=1S/C26H33BrN4O2/c1-29-10-12-31(13-11-29)25-9-8-24(27)22-7-4-20(18-23(22)25)28-26(32)19-2-5-21(6-3-19)30-14-16-33-17-15-30/h2-3,5-6,8-9,20H,4,7,10-18H2,1H3,(H,28,32)/t20-/m1/s1. The number of hydrogen-bond donors (Lipinski definition) is 1. The van der Waals surface area contributed by atoms with Crippen LogP contribution in [0.3, 0.4) is 0 Å². The van der Waals surface area contributed by atoms with Crippen molar-refractivity contribution in [1.82, 2.24) is 10.2 Å². The van der Waals surface area contributed by atoms with Crippen molar-refractivity contribution in [2.45, 2.75) is 25.3 Å². The molecule has 3 aliphatic rings. The second-order valence-electron chi connectivity index (χ2n) is 9.37. The van der Waals surface area contributed by atoms with E-state index in [-0.39, 0.29) is 11.9 Å². The van der Waals surface area contributed by atoms with E-state index in [1.807, 2.05) is 12.1 Å². The SMILES string of the molecule is CN1CCN(c2ccc(Br)c3c2C[C@H](NC(=O)c2ccc(N4CCOCC4)cc2)CC3)CC1. The zero-order valence-corrected chi connectivity index (χ0v) is 20.9. The van der Waals surface area contributed by atoms with E-state index in [9.17, 15) is 4.79 Å². The predicted octanol–water partition coefficient (Wildman–Crippen LogP) is 3.32. The number of rotatable bonds is 4. The average Bonchev–Trinajstić information content (AvgIpc) is 2.86. The minimum absolute atomic E-state index is 0.0214. The third-order valence-corrected chi connectivity index (χ3v) is 7.97. The predicted molar refractivity (Wildman–Crippen MR) is 137 cm³/mol. The molecule has 1 N–H and O–H groups in total. The Morgan fingerprint density at radius 2 is 1.67 bits per heavy atom. The van der Waals surface area contributed by atoms with Crippen molar-refractivity contribution < 1.29 is 9.53 Å². The number of fused-ring (bicyclic) bond motifs is 1. The third kappa shape index (κ3) is 5.05. The number of carbonyl (C=O) groups is 1. The van der Waals surface area contributed by atoms with Gasteiger partial charge in [-0.15, -0.1) is 0 Å². The number of nitrogens with zero attached hydrogens (tertiary/aromatic N) is 3. The monoisotopic (exact) mass is 512 g/mol. The largest absolute Gasteiger partial charge is 0.378 e. The molecule has 0 saturated carbocycles. The fourth-order valence-electron chi connectivity index (χ4n) is 5.20. The summed E-state index contributed by atoms with van der Waals surface area (Å²) in [6.45, 7) is 7.61. The first-order valence-electron chi connectivity index (χ1n) is 12.1. The van der Waals surface area contributed by atoms with Crippen LogP contribution in [0, 0.1) is 0 Å². The second-order valence-corrected chi connectivity index (χ2v) is 10.2. The highest BCUT2D eigenvalue weighted by Gasteiger charge is 2.27. The fourth-order valence-corrected chi connectivity index (χ4v) is 5.77. The summed E-state index contributed by atoms with van der Waals surface area (Å²) in [7, 11) is 2.19. The first-order chi connectivity index (χ1) is 16.1. The summed E-state index contributed by atoms with van der Waals surface area (Å²) >= 11 is 3.77. The molecular formula is C26H33BrN4O2. The lowest BCUT2D eigenvalue weighted by atomic mass is 9.86. The van der Waals surface area contributed by atoms with Gasteiger partial charge in [-0.25, -0.2) is 0 Å². The Bertz CT molecular complexity index is 983. The van der Waals surface area contributed by atoms with Gasteiger partial charge in [0.05, 0.1) is 13.2 Å². The summed E-state index contributed by atoms with van der Waals surface area (Å²) in [5, 5.41) is 3.32. The summed E-state index contributed by atoms with van der Waals surface area (Å²) in [5.41, 5.74) is 6.03. The molecule has 2 aromatic carbocycles. The number of anilines is 2. The number of piperazine rings is 1. The smallest absolute Gasteiger partial charge is 0.251 e. The number of likely N-dealkylation sites (N-methyl/N-ethyl adjacent to an activating group) is 1. The normalized spacial score (nSPS) is 21.6. The zero-order valence-electron chi connectivity index (χ0n) is 19.4. The molecule has 0 spiro atoms. The molecular weight excluding hydrogens is 480 g/mol. The Kier molecular flexibility index (Phi) is 6.90. The summed E-state index contributed by atoms with van der Waals surface area (Å²) in [4.78, 5) is 20.2. The molecule has 1 atom stereocenters. The Morgan fingerprint density at radius 1 is 0.939 bits per heavy atom. The maximum atomic E-state index is 13.0. The van der Waals surface area contributed by atoms with Crippen LogP contribution < -0.4 is 15.1 Å². The van der Waals surface area contributed by atoms with Crippen molar-refractivity contribution in [3.8, 4) is 0 Å². The molecule has 1 amide bonds. The van der Waals surface area contributed by atoms with E-state index < -0.39 is 0 Å². The number of carbonyl (C=O) groups excluding carboxylic acids is 1. The summed E-state index contributed by atoms with van der Waals surface area (Å²) in [6.07, 6.45) is 2.84. The average molecular weight is 513 g/mol. The molecule has 0 radical (unpaired) electrons. The second kappa shape index (κ2) is 10.0. The van der Waals surface area contributed by atoms with Gasteiger partial charge in [-0.3, -0.25) is 4.79 Å². The molecule has 2 aliphatic heterocycles. The van der Waals surface area contributed by atoms with E-state index in [0.29, 0.717) is 0 Å². The molecule has 2 aromatic rings. The van der Waals surface area contributed by atoms with Gasteiger partial charge < -0.3 is 24.8 Å². The van der Waals surface area contributed by atoms with Crippen molar-refractivity contribution >= 4 is 33.2 Å². The van der Waals surface area contributed by atoms with Crippen LogP contribution in [-0.4, -0.2) is 76.4 Å². The number of benzene rings is 2. The van der Waals surface area contributed by atoms with E-state index >= 15 is 0 Å². The number of morpholine rings is 1. The summed E-state index contributed by atoms with van der Waals surface area (Å²) in [5.74, 6) is 0.0214. The van der Waals surface area contributed by atoms with Crippen LogP contribution in [0.4, 0.5) is 11.4 Å². The lowest BCUT2D eigenvalue weighted by molar-refractivity contribution is 0.0933. The van der Waals surface area contributed by atoms with Gasteiger partial charge in [0.2, 0.25) is 0 Å². The van der Waals surface area contributed by atoms with E-state index in [1.54, 1.807) is 0 Å². The van der Waals surface area contributed by atoms with Crippen LogP contribution in [0.25, 0.3) is 0 Å². The van der Waals surface area contributed by atoms with Crippen LogP contribution in [0.2, 0.25) is 0 Å². The summed E-state index contributed by atoms with van der Waals surface area (Å²) < 4.78 is 6.63. The molecule has 176 valence electrons. The third-order valence-electron chi connectivity index (χ3n) is 7.23. The maximum Gasteiger partial charge on any atom is 0.251 e. The van der Waals surface area contributed by atoms with Crippen molar-refractivity contribution in [3.05, 3.63) is 57.6 Å². The zero-order chi connectivity index (χ0) is 22.8. The van der Waals surface area contributed by atoms with E-state index in [1.165, 1.54) is 21.3 Å². The molecule has 33 heavy (non-hydrogen) atoms. The first kappa shape index (κ1) is 22.7. The van der Waals surface area contributed by atoms with E-state index in [0.717, 1.165) is 83.0 Å². The number of ether oxygens (including phenoxy) is 1. The van der Waals surface area contributed by atoms with Gasteiger partial charge in [-0.05, 0) is 73.8 Å². The van der Waals surface area contributed by atoms with Crippen molar-refractivity contribution in [3.63, 3.8) is 0 Å². The van der Waals surface area contributed by atoms with E-state index in [2.05, 4.69) is 67.3 Å². The van der Waals surface area contributed by atoms with Crippen LogP contribution in [0.5, 0.6) is 0 Å². The molecule has 6 nitrogen and oxygen atoms in total. The minimum Gasteiger partial charge on any atom is -0.378 e. The molecule has 5 rings (SSSR count). The molecule has 2 heterocycles. The lowest BCUT2D eigenvalue weighted by Crippen LogP contribution is -2.45. The van der Waals surface area contributed by atoms with Gasteiger partial charge in [-0.2, -0.15) is 0 Å². The van der Waals surface area contributed by atoms with E-state index in [4.69, 9.17) is 4.74 Å². The van der Waals surface area contributed by atoms with Crippen molar-refractivity contribution in [1.29, 1.82) is 0 Å². The topological polar surface area (TPSA) is 48.0 Å². The highest BCUT2D eigenvalue weighted by molar-refractivity contribution is 9.10. The number of nitrogens with one attached hydrogen (secondary N) is 1. The van der Waals surface area contributed by atoms with Gasteiger partial charge in [0.25, 0.3) is 5.91 Å². The van der Waals surface area contributed by atoms with Gasteiger partial charge in [-0.1, -0.05) is 15.9 Å². The van der Waals surface area contributed by atoms with Crippen LogP contribution in [0.1, 0.15) is 27.9 Å². The van der Waals surface area contributed by atoms with Crippen molar-refractivity contribution in [2.75, 3.05) is 69.3 Å². The molecule has 1 aliphatic carbocycles. The quantitative estimate of drug-likeness (QED) is 0.680. The molecule has 0 bridgehead atoms. The minimum atomic E-state index is 0.0214. The molecule has 0 unspecified atom stereocenters. The lowest BCUT2D eigenvalue weighted by Gasteiger charge is -2.37. The van der Waals surface area contributed by atoms with Crippen molar-refractivity contribution in [2.24, 2.45) is 0 Å². The van der Waals surface area contributed by atoms with Gasteiger partial charge >= 0.3 is 0 Å². The van der Waals surface area contributed by atoms with Gasteiger partial charge in [0.1, 0.15) is 0 Å². The fraction of sp³-hybridized carbons (Fsp3) is 0.500. The molecule has 7 heteroatoms. The first-order valence-corrected chi connectivity index (χ1v) is 12.8.